The SMILES string of the molecule is O=C(NC(CC1CCC1)B(O)O)[C@H](Cc1ccccc1)NS(=O)(=O)c1cccc(Oc2ccc(C(F)(F)F)cn2)c1. The Kier molecular flexibility index (Phi) is 9.69. The Morgan fingerprint density at radius 3 is 2.39 bits per heavy atom. The number of sulfonamides is 1. The average Bonchev–Trinajstić information content (AvgIpc) is 2.90. The number of ether oxygens (including phenoxy) is 1. The second-order valence-corrected chi connectivity index (χ2v) is 11.6. The van der Waals surface area contributed by atoms with Gasteiger partial charge in [0.25, 0.3) is 0 Å². The van der Waals surface area contributed by atoms with E-state index < -0.39 is 46.8 Å². The quantitative estimate of drug-likeness (QED) is 0.237. The largest absolute Gasteiger partial charge is 0.475 e. The highest BCUT2D eigenvalue weighted by Crippen LogP contribution is 2.31. The van der Waals surface area contributed by atoms with Crippen LogP contribution in [-0.2, 0) is 27.4 Å². The van der Waals surface area contributed by atoms with Crippen LogP contribution in [-0.4, -0.2) is 48.5 Å². The van der Waals surface area contributed by atoms with E-state index in [4.69, 9.17) is 4.74 Å². The van der Waals surface area contributed by atoms with Gasteiger partial charge in [-0.15, -0.1) is 0 Å². The number of nitrogens with zero attached hydrogens (tertiary/aromatic N) is 1. The van der Waals surface area contributed by atoms with Gasteiger partial charge in [0.2, 0.25) is 21.8 Å². The summed E-state index contributed by atoms with van der Waals surface area (Å²) >= 11 is 0. The van der Waals surface area contributed by atoms with Crippen LogP contribution in [0.2, 0.25) is 0 Å². The third kappa shape index (κ3) is 8.52. The van der Waals surface area contributed by atoms with Gasteiger partial charge in [0.1, 0.15) is 11.8 Å². The van der Waals surface area contributed by atoms with E-state index in [0.717, 1.165) is 37.5 Å². The van der Waals surface area contributed by atoms with Crippen molar-refractivity contribution in [3.8, 4) is 11.6 Å². The lowest BCUT2D eigenvalue weighted by Crippen LogP contribution is -2.55. The van der Waals surface area contributed by atoms with Gasteiger partial charge >= 0.3 is 13.3 Å². The summed E-state index contributed by atoms with van der Waals surface area (Å²) in [4.78, 5) is 16.7. The van der Waals surface area contributed by atoms with Gasteiger partial charge in [0.05, 0.1) is 16.4 Å². The Bertz CT molecular complexity index is 1420. The molecule has 1 aliphatic carbocycles. The number of halogens is 3. The molecular formula is C27H29BF3N3O6S. The van der Waals surface area contributed by atoms with E-state index in [-0.39, 0.29) is 28.9 Å². The number of amides is 1. The molecule has 0 aliphatic heterocycles. The third-order valence-corrected chi connectivity index (χ3v) is 8.27. The molecule has 1 aromatic heterocycles. The lowest BCUT2D eigenvalue weighted by Gasteiger charge is -2.30. The van der Waals surface area contributed by atoms with Gasteiger partial charge < -0.3 is 20.1 Å². The topological polar surface area (TPSA) is 138 Å². The maximum atomic E-state index is 13.4. The maximum absolute atomic E-state index is 13.4. The number of alkyl halides is 3. The Hall–Kier alpha value is -3.46. The predicted octanol–water partition coefficient (Wildman–Crippen LogP) is 3.47. The normalized spacial score (nSPS) is 15.4. The number of pyridine rings is 1. The Balaban J connectivity index is 1.52. The number of hydrogen-bond acceptors (Lipinski definition) is 7. The average molecular weight is 591 g/mol. The standard InChI is InChI=1S/C27H29BF3N3O6S/c29-27(30,31)20-12-13-25(32-17-20)40-21-10-5-11-22(16-21)41(38,39)34-23(14-18-6-2-1-3-7-18)26(35)33-24(28(36)37)15-19-8-4-9-19/h1-3,5-7,10-13,16-17,19,23-24,34,36-37H,4,8-9,14-15H2,(H,33,35)/t23-,24?/m0/s1. The van der Waals surface area contributed by atoms with E-state index in [1.807, 2.05) is 0 Å². The first-order chi connectivity index (χ1) is 19.4. The van der Waals surface area contributed by atoms with Crippen LogP contribution in [0.1, 0.15) is 36.8 Å². The van der Waals surface area contributed by atoms with Crippen molar-refractivity contribution < 1.29 is 41.2 Å². The molecule has 4 rings (SSSR count). The third-order valence-electron chi connectivity index (χ3n) is 6.80. The minimum atomic E-state index is -4.57. The molecule has 41 heavy (non-hydrogen) atoms. The highest BCUT2D eigenvalue weighted by molar-refractivity contribution is 7.89. The van der Waals surface area contributed by atoms with Crippen molar-refractivity contribution in [2.24, 2.45) is 5.92 Å². The fraction of sp³-hybridized carbons (Fsp3) is 0.333. The molecule has 9 nitrogen and oxygen atoms in total. The molecule has 2 atom stereocenters. The molecule has 1 saturated carbocycles. The number of carbonyl (C=O) groups is 1. The first-order valence-electron chi connectivity index (χ1n) is 12.9. The molecular weight excluding hydrogens is 562 g/mol. The van der Waals surface area contributed by atoms with Crippen molar-refractivity contribution in [3.63, 3.8) is 0 Å². The van der Waals surface area contributed by atoms with Crippen molar-refractivity contribution in [1.82, 2.24) is 15.0 Å². The van der Waals surface area contributed by atoms with Crippen molar-refractivity contribution >= 4 is 23.0 Å². The van der Waals surface area contributed by atoms with Crippen LogP contribution in [0, 0.1) is 5.92 Å². The van der Waals surface area contributed by atoms with Crippen LogP contribution in [0.15, 0.2) is 77.8 Å². The number of nitrogens with one attached hydrogen (secondary N) is 2. The van der Waals surface area contributed by atoms with Crippen molar-refractivity contribution in [3.05, 3.63) is 84.1 Å². The minimum Gasteiger partial charge on any atom is -0.439 e. The first-order valence-corrected chi connectivity index (χ1v) is 14.4. The summed E-state index contributed by atoms with van der Waals surface area (Å²) in [5, 5.41) is 22.3. The fourth-order valence-corrected chi connectivity index (χ4v) is 5.58. The zero-order valence-corrected chi connectivity index (χ0v) is 22.6. The van der Waals surface area contributed by atoms with E-state index in [9.17, 15) is 36.4 Å². The molecule has 1 fully saturated rings. The van der Waals surface area contributed by atoms with Gasteiger partial charge in [-0.3, -0.25) is 4.79 Å². The summed E-state index contributed by atoms with van der Waals surface area (Å²) in [6.07, 6.45) is -0.771. The number of carbonyl (C=O) groups excluding carboxylic acids is 1. The molecule has 1 aliphatic rings. The molecule has 0 saturated heterocycles. The Morgan fingerprint density at radius 2 is 1.80 bits per heavy atom. The van der Waals surface area contributed by atoms with Gasteiger partial charge in [-0.1, -0.05) is 55.7 Å². The van der Waals surface area contributed by atoms with E-state index in [1.54, 1.807) is 30.3 Å². The summed E-state index contributed by atoms with van der Waals surface area (Å²) in [5.41, 5.74) is -0.294. The summed E-state index contributed by atoms with van der Waals surface area (Å²) < 4.78 is 73.0. The Morgan fingerprint density at radius 1 is 1.07 bits per heavy atom. The highest BCUT2D eigenvalue weighted by Gasteiger charge is 2.34. The molecule has 0 radical (unpaired) electrons. The molecule has 3 aromatic rings. The summed E-state index contributed by atoms with van der Waals surface area (Å²) in [6.45, 7) is 0. The van der Waals surface area contributed by atoms with Crippen LogP contribution in [0.4, 0.5) is 13.2 Å². The lowest BCUT2D eigenvalue weighted by atomic mass is 9.69. The summed E-state index contributed by atoms with van der Waals surface area (Å²) in [6, 6.07) is 14.4. The Labute approximate surface area is 236 Å². The van der Waals surface area contributed by atoms with E-state index >= 15 is 0 Å². The van der Waals surface area contributed by atoms with Gasteiger partial charge in [-0.05, 0) is 42.5 Å². The van der Waals surface area contributed by atoms with E-state index in [2.05, 4.69) is 15.0 Å². The van der Waals surface area contributed by atoms with Crippen LogP contribution in [0.3, 0.4) is 0 Å². The minimum absolute atomic E-state index is 0.00633. The van der Waals surface area contributed by atoms with Crippen molar-refractivity contribution in [1.29, 1.82) is 0 Å². The predicted molar refractivity (Wildman–Crippen MR) is 144 cm³/mol. The van der Waals surface area contributed by atoms with Gasteiger partial charge in [0, 0.05) is 18.3 Å². The second-order valence-electron chi connectivity index (χ2n) is 9.88. The zero-order chi connectivity index (χ0) is 29.6. The molecule has 4 N–H and O–H groups in total. The monoisotopic (exact) mass is 591 g/mol. The van der Waals surface area contributed by atoms with Crippen LogP contribution in [0.5, 0.6) is 11.6 Å². The molecule has 0 bridgehead atoms. The highest BCUT2D eigenvalue weighted by atomic mass is 32.2. The molecule has 1 unspecified atom stereocenters. The molecule has 218 valence electrons. The summed E-state index contributed by atoms with van der Waals surface area (Å²) in [5.74, 6) is -1.64. The first kappa shape index (κ1) is 30.5. The number of aromatic nitrogens is 1. The van der Waals surface area contributed by atoms with E-state index in [1.165, 1.54) is 18.2 Å². The number of hydrogen-bond donors (Lipinski definition) is 4. The molecule has 1 heterocycles. The smallest absolute Gasteiger partial charge is 0.439 e. The van der Waals surface area contributed by atoms with Gasteiger partial charge in [0.15, 0.2) is 0 Å². The molecule has 1 amide bonds. The second kappa shape index (κ2) is 13.0. The van der Waals surface area contributed by atoms with Crippen molar-refractivity contribution in [2.75, 3.05) is 0 Å². The lowest BCUT2D eigenvalue weighted by molar-refractivity contribution is -0.137. The van der Waals surface area contributed by atoms with Crippen LogP contribution in [0.25, 0.3) is 0 Å². The summed E-state index contributed by atoms with van der Waals surface area (Å²) in [7, 11) is -6.14. The fourth-order valence-electron chi connectivity index (χ4n) is 4.35. The zero-order valence-electron chi connectivity index (χ0n) is 21.8. The molecule has 0 spiro atoms. The van der Waals surface area contributed by atoms with Crippen molar-refractivity contribution in [2.45, 2.75) is 55.2 Å². The number of benzene rings is 2. The van der Waals surface area contributed by atoms with Gasteiger partial charge in [-0.2, -0.15) is 17.9 Å². The molecule has 2 aromatic carbocycles. The molecule has 14 heteroatoms. The van der Waals surface area contributed by atoms with Crippen LogP contribution < -0.4 is 14.8 Å². The number of rotatable bonds is 12. The van der Waals surface area contributed by atoms with Crippen LogP contribution >= 0.6 is 0 Å². The maximum Gasteiger partial charge on any atom is 0.475 e. The van der Waals surface area contributed by atoms with E-state index in [0.29, 0.717) is 18.2 Å². The van der Waals surface area contributed by atoms with Gasteiger partial charge in [-0.25, -0.2) is 13.4 Å².